The summed E-state index contributed by atoms with van der Waals surface area (Å²) in [5.41, 5.74) is 1.37. The van der Waals surface area contributed by atoms with Gasteiger partial charge in [0, 0.05) is 5.56 Å². The summed E-state index contributed by atoms with van der Waals surface area (Å²) in [7, 11) is 0. The zero-order chi connectivity index (χ0) is 18.5. The van der Waals surface area contributed by atoms with Crippen LogP contribution in [0.5, 0.6) is 5.75 Å². The molecule has 1 saturated carbocycles. The first kappa shape index (κ1) is 19.4. The number of benzene rings is 1. The molecule has 1 fully saturated rings. The molecule has 0 aliphatic heterocycles. The van der Waals surface area contributed by atoms with Gasteiger partial charge in [0.15, 0.2) is 11.6 Å². The van der Waals surface area contributed by atoms with Crippen molar-refractivity contribution in [2.75, 3.05) is 6.61 Å². The molecule has 0 radical (unpaired) electrons. The highest BCUT2D eigenvalue weighted by atomic mass is 19.2. The molecule has 26 heavy (non-hydrogen) atoms. The quantitative estimate of drug-likeness (QED) is 0.522. The summed E-state index contributed by atoms with van der Waals surface area (Å²) in [4.78, 5) is 0. The number of rotatable bonds is 6. The lowest BCUT2D eigenvalue weighted by Crippen LogP contribution is -2.23. The molecule has 144 valence electrons. The van der Waals surface area contributed by atoms with Gasteiger partial charge in [0.05, 0.1) is 6.61 Å². The Bertz CT molecular complexity index is 629. The van der Waals surface area contributed by atoms with Crippen molar-refractivity contribution < 1.29 is 13.5 Å². The molecule has 0 heterocycles. The largest absolute Gasteiger partial charge is 0.491 e. The third-order valence-corrected chi connectivity index (χ3v) is 6.40. The summed E-state index contributed by atoms with van der Waals surface area (Å²) < 4.78 is 33.7. The predicted octanol–water partition coefficient (Wildman–Crippen LogP) is 7.15. The molecule has 2 aliphatic carbocycles. The summed E-state index contributed by atoms with van der Waals surface area (Å²) in [5.74, 6) is 0.862. The monoisotopic (exact) mass is 362 g/mol. The van der Waals surface area contributed by atoms with E-state index in [9.17, 15) is 8.78 Å². The molecule has 0 N–H and O–H groups in total. The van der Waals surface area contributed by atoms with E-state index in [1.54, 1.807) is 19.1 Å². The minimum absolute atomic E-state index is 0.00637. The third-order valence-electron chi connectivity index (χ3n) is 6.40. The minimum atomic E-state index is -0.860. The van der Waals surface area contributed by atoms with E-state index in [0.29, 0.717) is 12.2 Å². The van der Waals surface area contributed by atoms with Crippen LogP contribution in [-0.2, 0) is 0 Å². The summed E-state index contributed by atoms with van der Waals surface area (Å²) in [6, 6.07) is 3.23. The van der Waals surface area contributed by atoms with Crippen LogP contribution in [0.25, 0.3) is 5.57 Å². The molecule has 1 aromatic carbocycles. The lowest BCUT2D eigenvalue weighted by atomic mass is 9.70. The van der Waals surface area contributed by atoms with Crippen LogP contribution in [0.2, 0.25) is 0 Å². The van der Waals surface area contributed by atoms with Gasteiger partial charge < -0.3 is 4.74 Å². The fourth-order valence-electron chi connectivity index (χ4n) is 4.93. The molecule has 1 nitrogen and oxygen atoms in total. The number of allylic oxidation sites excluding steroid dienone is 2. The van der Waals surface area contributed by atoms with Crippen LogP contribution in [0.4, 0.5) is 8.78 Å². The number of hydrogen-bond donors (Lipinski definition) is 0. The van der Waals surface area contributed by atoms with Crippen molar-refractivity contribution in [2.24, 2.45) is 17.8 Å². The Balaban J connectivity index is 1.62. The van der Waals surface area contributed by atoms with E-state index in [1.165, 1.54) is 38.5 Å². The summed E-state index contributed by atoms with van der Waals surface area (Å²) in [6.07, 6.45) is 13.3. The van der Waals surface area contributed by atoms with E-state index in [-0.39, 0.29) is 5.75 Å². The molecular formula is C23H32F2O. The first-order chi connectivity index (χ1) is 12.6. The molecule has 0 spiro atoms. The molecule has 1 atom stereocenters. The van der Waals surface area contributed by atoms with E-state index in [1.807, 2.05) is 0 Å². The van der Waals surface area contributed by atoms with E-state index in [0.717, 1.165) is 42.6 Å². The number of halogens is 2. The van der Waals surface area contributed by atoms with E-state index >= 15 is 0 Å². The standard InChI is InChI=1S/C23H32F2O/c1-3-5-16-6-8-17(9-7-16)18-10-12-19(13-11-18)20-14-15-21(26-4-2)23(25)22(20)24/h12,14-18H,3-11,13H2,1-2H3. The van der Waals surface area contributed by atoms with Crippen LogP contribution in [0, 0.1) is 29.4 Å². The maximum atomic E-state index is 14.4. The highest BCUT2D eigenvalue weighted by Crippen LogP contribution is 2.42. The van der Waals surface area contributed by atoms with Crippen molar-refractivity contribution >= 4 is 5.57 Å². The summed E-state index contributed by atoms with van der Waals surface area (Å²) in [6.45, 7) is 4.38. The molecule has 1 aromatic rings. The van der Waals surface area contributed by atoms with Crippen molar-refractivity contribution in [3.63, 3.8) is 0 Å². The molecule has 0 aromatic heterocycles. The lowest BCUT2D eigenvalue weighted by Gasteiger charge is -2.35. The second kappa shape index (κ2) is 9.01. The summed E-state index contributed by atoms with van der Waals surface area (Å²) >= 11 is 0. The van der Waals surface area contributed by atoms with Gasteiger partial charge >= 0.3 is 0 Å². The van der Waals surface area contributed by atoms with Gasteiger partial charge in [-0.3, -0.25) is 0 Å². The number of ether oxygens (including phenoxy) is 1. The fraction of sp³-hybridized carbons (Fsp3) is 0.652. The highest BCUT2D eigenvalue weighted by Gasteiger charge is 2.29. The number of hydrogen-bond acceptors (Lipinski definition) is 1. The van der Waals surface area contributed by atoms with Gasteiger partial charge in [0.1, 0.15) is 0 Å². The van der Waals surface area contributed by atoms with Crippen molar-refractivity contribution in [1.29, 1.82) is 0 Å². The topological polar surface area (TPSA) is 9.23 Å². The van der Waals surface area contributed by atoms with Crippen LogP contribution >= 0.6 is 0 Å². The normalized spacial score (nSPS) is 26.5. The maximum Gasteiger partial charge on any atom is 0.201 e. The molecule has 0 amide bonds. The van der Waals surface area contributed by atoms with Crippen LogP contribution < -0.4 is 4.74 Å². The molecule has 0 saturated heterocycles. The van der Waals surface area contributed by atoms with E-state index in [4.69, 9.17) is 4.74 Å². The lowest BCUT2D eigenvalue weighted by molar-refractivity contribution is 0.189. The zero-order valence-electron chi connectivity index (χ0n) is 16.2. The Kier molecular flexibility index (Phi) is 6.72. The van der Waals surface area contributed by atoms with Crippen molar-refractivity contribution in [3.8, 4) is 5.75 Å². The second-order valence-electron chi connectivity index (χ2n) is 8.01. The highest BCUT2D eigenvalue weighted by molar-refractivity contribution is 5.67. The van der Waals surface area contributed by atoms with Gasteiger partial charge in [-0.2, -0.15) is 4.39 Å². The zero-order valence-corrected chi connectivity index (χ0v) is 16.2. The molecular weight excluding hydrogens is 330 g/mol. The van der Waals surface area contributed by atoms with Gasteiger partial charge in [-0.15, -0.1) is 0 Å². The Morgan fingerprint density at radius 1 is 0.962 bits per heavy atom. The Morgan fingerprint density at radius 3 is 2.35 bits per heavy atom. The van der Waals surface area contributed by atoms with Crippen molar-refractivity contribution in [1.82, 2.24) is 0 Å². The van der Waals surface area contributed by atoms with Gasteiger partial charge in [-0.1, -0.05) is 38.7 Å². The van der Waals surface area contributed by atoms with E-state index in [2.05, 4.69) is 13.0 Å². The SMILES string of the molecule is CCCC1CCC(C2CC=C(c3ccc(OCC)c(F)c3F)CC2)CC1. The average Bonchev–Trinajstić information content (AvgIpc) is 2.67. The van der Waals surface area contributed by atoms with Crippen LogP contribution in [0.1, 0.15) is 77.2 Å². The fourth-order valence-corrected chi connectivity index (χ4v) is 4.93. The predicted molar refractivity (Wildman–Crippen MR) is 103 cm³/mol. The smallest absolute Gasteiger partial charge is 0.201 e. The molecule has 1 unspecified atom stereocenters. The maximum absolute atomic E-state index is 14.4. The van der Waals surface area contributed by atoms with E-state index < -0.39 is 11.6 Å². The van der Waals surface area contributed by atoms with Crippen LogP contribution in [0.15, 0.2) is 18.2 Å². The third kappa shape index (κ3) is 4.29. The van der Waals surface area contributed by atoms with Gasteiger partial charge in [-0.25, -0.2) is 4.39 Å². The molecule has 3 heteroatoms. The van der Waals surface area contributed by atoms with Gasteiger partial charge in [-0.05, 0) is 74.5 Å². The minimum Gasteiger partial charge on any atom is -0.491 e. The average molecular weight is 363 g/mol. The Hall–Kier alpha value is -1.38. The molecule has 2 aliphatic rings. The second-order valence-corrected chi connectivity index (χ2v) is 8.01. The Labute approximate surface area is 156 Å². The van der Waals surface area contributed by atoms with Crippen LogP contribution in [-0.4, -0.2) is 6.61 Å². The summed E-state index contributed by atoms with van der Waals surface area (Å²) in [5, 5.41) is 0. The molecule has 3 rings (SSSR count). The molecule has 0 bridgehead atoms. The first-order valence-corrected chi connectivity index (χ1v) is 10.4. The van der Waals surface area contributed by atoms with Gasteiger partial charge in [0.25, 0.3) is 0 Å². The van der Waals surface area contributed by atoms with Crippen LogP contribution in [0.3, 0.4) is 0 Å². The van der Waals surface area contributed by atoms with Crippen molar-refractivity contribution in [3.05, 3.63) is 35.4 Å². The Morgan fingerprint density at radius 2 is 1.73 bits per heavy atom. The first-order valence-electron chi connectivity index (χ1n) is 10.4. The van der Waals surface area contributed by atoms with Gasteiger partial charge in [0.2, 0.25) is 5.82 Å². The van der Waals surface area contributed by atoms with Crippen molar-refractivity contribution in [2.45, 2.75) is 71.6 Å².